The monoisotopic (exact) mass is 186 g/mol. The van der Waals surface area contributed by atoms with E-state index >= 15 is 0 Å². The van der Waals surface area contributed by atoms with Gasteiger partial charge in [0.1, 0.15) is 6.23 Å². The van der Waals surface area contributed by atoms with Crippen molar-refractivity contribution in [2.45, 2.75) is 12.6 Å². The van der Waals surface area contributed by atoms with Crippen molar-refractivity contribution in [3.05, 3.63) is 11.9 Å². The Labute approximate surface area is 73.7 Å². The van der Waals surface area contributed by atoms with E-state index < -0.39 is 12.3 Å². The van der Waals surface area contributed by atoms with Crippen molar-refractivity contribution in [1.29, 1.82) is 0 Å². The number of aliphatic hydroxyl groups excluding tert-OH is 1. The number of rotatable bonds is 3. The minimum atomic E-state index is -1.03. The third kappa shape index (κ3) is 2.73. The van der Waals surface area contributed by atoms with Gasteiger partial charge in [-0.05, 0) is 0 Å². The topological polar surface area (TPSA) is 127 Å². The zero-order valence-electron chi connectivity index (χ0n) is 6.73. The molecule has 1 rings (SSSR count). The maximum absolute atomic E-state index is 10.4. The Hall–Kier alpha value is -1.60. The number of hydrogen-bond acceptors (Lipinski definition) is 5. The molecule has 7 nitrogen and oxygen atoms in total. The first-order valence-electron chi connectivity index (χ1n) is 3.52. The van der Waals surface area contributed by atoms with E-state index in [1.165, 1.54) is 6.20 Å². The first-order valence-corrected chi connectivity index (χ1v) is 3.52. The van der Waals surface area contributed by atoms with Gasteiger partial charge in [0.25, 0.3) is 0 Å². The number of nitrogens with two attached hydrogens (primary N) is 2. The van der Waals surface area contributed by atoms with Gasteiger partial charge in [-0.25, -0.2) is 4.79 Å². The van der Waals surface area contributed by atoms with Crippen molar-refractivity contribution < 1.29 is 14.6 Å². The molecule has 0 aromatic carbocycles. The van der Waals surface area contributed by atoms with Crippen molar-refractivity contribution in [1.82, 2.24) is 10.2 Å². The van der Waals surface area contributed by atoms with Crippen LogP contribution in [0.2, 0.25) is 0 Å². The first kappa shape index (κ1) is 9.49. The van der Waals surface area contributed by atoms with Crippen molar-refractivity contribution in [3.8, 4) is 5.75 Å². The minimum absolute atomic E-state index is 0.114. The number of carbonyl (C=O) groups is 1. The third-order valence-electron chi connectivity index (χ3n) is 1.30. The number of H-pyrrole nitrogens is 1. The fraction of sp³-hybridized carbons (Fsp3) is 0.333. The second-order valence-corrected chi connectivity index (χ2v) is 2.41. The molecule has 6 N–H and O–H groups in total. The Morgan fingerprint density at radius 1 is 1.85 bits per heavy atom. The minimum Gasteiger partial charge on any atom is -0.407 e. The van der Waals surface area contributed by atoms with Crippen LogP contribution in [0.4, 0.5) is 4.79 Å². The summed E-state index contributed by atoms with van der Waals surface area (Å²) in [5.41, 5.74) is 10.3. The number of carbonyl (C=O) groups excluding carboxylic acids is 1. The summed E-state index contributed by atoms with van der Waals surface area (Å²) in [5, 5.41) is 15.0. The maximum Gasteiger partial charge on any atom is 0.410 e. The molecule has 1 unspecified atom stereocenters. The van der Waals surface area contributed by atoms with Gasteiger partial charge in [0.2, 0.25) is 0 Å². The molecule has 1 aromatic rings. The van der Waals surface area contributed by atoms with Crippen LogP contribution in [-0.2, 0) is 6.42 Å². The molecule has 0 saturated carbocycles. The molecule has 0 spiro atoms. The number of nitrogens with one attached hydrogen (secondary N) is 1. The molecule has 0 aliphatic carbocycles. The first-order chi connectivity index (χ1) is 6.09. The Kier molecular flexibility index (Phi) is 2.83. The van der Waals surface area contributed by atoms with E-state index in [4.69, 9.17) is 16.6 Å². The van der Waals surface area contributed by atoms with Gasteiger partial charge < -0.3 is 21.3 Å². The van der Waals surface area contributed by atoms with E-state index in [0.29, 0.717) is 5.69 Å². The van der Waals surface area contributed by atoms with Gasteiger partial charge in [-0.3, -0.25) is 5.10 Å². The molecule has 0 aliphatic heterocycles. The largest absolute Gasteiger partial charge is 0.410 e. The summed E-state index contributed by atoms with van der Waals surface area (Å²) in [4.78, 5) is 10.4. The van der Waals surface area contributed by atoms with Gasteiger partial charge in [0.05, 0.1) is 11.9 Å². The summed E-state index contributed by atoms with van der Waals surface area (Å²) in [5.74, 6) is 0.178. The number of primary amides is 1. The van der Waals surface area contributed by atoms with Crippen LogP contribution in [0.3, 0.4) is 0 Å². The molecule has 1 heterocycles. The fourth-order valence-corrected chi connectivity index (χ4v) is 0.854. The summed E-state index contributed by atoms with van der Waals surface area (Å²) in [6, 6.07) is 0. The van der Waals surface area contributed by atoms with Crippen LogP contribution < -0.4 is 16.2 Å². The zero-order chi connectivity index (χ0) is 9.84. The van der Waals surface area contributed by atoms with Crippen LogP contribution in [-0.4, -0.2) is 27.6 Å². The van der Waals surface area contributed by atoms with E-state index in [1.54, 1.807) is 0 Å². The van der Waals surface area contributed by atoms with E-state index in [2.05, 4.69) is 14.9 Å². The number of hydrogen-bond donors (Lipinski definition) is 4. The Morgan fingerprint density at radius 2 is 2.54 bits per heavy atom. The number of aromatic amines is 1. The SMILES string of the molecule is NC(=O)Oc1cn[nH]c1CC(N)O. The third-order valence-corrected chi connectivity index (χ3v) is 1.30. The average Bonchev–Trinajstić information content (AvgIpc) is 2.34. The highest BCUT2D eigenvalue weighted by molar-refractivity contribution is 5.68. The van der Waals surface area contributed by atoms with Gasteiger partial charge in [-0.1, -0.05) is 0 Å². The highest BCUT2D eigenvalue weighted by atomic mass is 16.5. The molecular formula is C6H10N4O3. The lowest BCUT2D eigenvalue weighted by molar-refractivity contribution is 0.179. The van der Waals surface area contributed by atoms with Crippen LogP contribution in [0.5, 0.6) is 5.75 Å². The second-order valence-electron chi connectivity index (χ2n) is 2.41. The highest BCUT2D eigenvalue weighted by Crippen LogP contribution is 2.15. The molecule has 0 saturated heterocycles. The lowest BCUT2D eigenvalue weighted by Crippen LogP contribution is -2.23. The van der Waals surface area contributed by atoms with Gasteiger partial charge in [0.15, 0.2) is 5.75 Å². The second kappa shape index (κ2) is 3.87. The standard InChI is InChI=1S/C6H10N4O3/c7-5(11)1-3-4(2-9-10-3)13-6(8)12/h2,5,11H,1,7H2,(H2,8,12)(H,9,10). The lowest BCUT2D eigenvalue weighted by Gasteiger charge is -2.03. The van der Waals surface area contributed by atoms with E-state index in [0.717, 1.165) is 0 Å². The lowest BCUT2D eigenvalue weighted by atomic mass is 10.3. The van der Waals surface area contributed by atoms with Crippen molar-refractivity contribution in [2.24, 2.45) is 11.5 Å². The normalized spacial score (nSPS) is 12.5. The van der Waals surface area contributed by atoms with E-state index in [1.807, 2.05) is 0 Å². The summed E-state index contributed by atoms with van der Waals surface area (Å²) in [6.45, 7) is 0. The molecule has 0 aliphatic rings. The van der Waals surface area contributed by atoms with Crippen molar-refractivity contribution >= 4 is 6.09 Å². The van der Waals surface area contributed by atoms with Crippen molar-refractivity contribution in [2.75, 3.05) is 0 Å². The predicted molar refractivity (Wildman–Crippen MR) is 42.7 cm³/mol. The van der Waals surface area contributed by atoms with E-state index in [-0.39, 0.29) is 12.2 Å². The Bertz CT molecular complexity index is 296. The molecular weight excluding hydrogens is 176 g/mol. The van der Waals surface area contributed by atoms with Crippen LogP contribution in [0.25, 0.3) is 0 Å². The highest BCUT2D eigenvalue weighted by Gasteiger charge is 2.10. The van der Waals surface area contributed by atoms with Crippen molar-refractivity contribution in [3.63, 3.8) is 0 Å². The number of aromatic nitrogens is 2. The smallest absolute Gasteiger partial charge is 0.407 e. The molecule has 1 atom stereocenters. The Morgan fingerprint density at radius 3 is 3.08 bits per heavy atom. The van der Waals surface area contributed by atoms with Gasteiger partial charge in [-0.2, -0.15) is 5.10 Å². The number of amides is 1. The van der Waals surface area contributed by atoms with E-state index in [9.17, 15) is 4.79 Å². The summed E-state index contributed by atoms with van der Waals surface area (Å²) >= 11 is 0. The zero-order valence-corrected chi connectivity index (χ0v) is 6.73. The summed E-state index contributed by atoms with van der Waals surface area (Å²) in [7, 11) is 0. The number of nitrogens with zero attached hydrogens (tertiary/aromatic N) is 1. The summed E-state index contributed by atoms with van der Waals surface area (Å²) < 4.78 is 4.56. The van der Waals surface area contributed by atoms with Crippen LogP contribution in [0.1, 0.15) is 5.69 Å². The van der Waals surface area contributed by atoms with Crippen LogP contribution >= 0.6 is 0 Å². The predicted octanol–water partition coefficient (Wildman–Crippen LogP) is -1.31. The molecule has 0 bridgehead atoms. The average molecular weight is 186 g/mol. The molecule has 7 heteroatoms. The molecule has 0 fully saturated rings. The van der Waals surface area contributed by atoms with Gasteiger partial charge >= 0.3 is 6.09 Å². The van der Waals surface area contributed by atoms with Crippen LogP contribution in [0, 0.1) is 0 Å². The molecule has 1 aromatic heterocycles. The summed E-state index contributed by atoms with van der Waals surface area (Å²) in [6.07, 6.45) is -0.574. The molecule has 1 amide bonds. The van der Waals surface area contributed by atoms with Gasteiger partial charge in [0, 0.05) is 6.42 Å². The quantitative estimate of drug-likeness (QED) is 0.435. The number of ether oxygens (including phenoxy) is 1. The van der Waals surface area contributed by atoms with Crippen LogP contribution in [0.15, 0.2) is 6.20 Å². The Balaban J connectivity index is 2.71. The maximum atomic E-state index is 10.4. The molecule has 0 radical (unpaired) electrons. The molecule has 72 valence electrons. The molecule has 13 heavy (non-hydrogen) atoms. The number of aliphatic hydroxyl groups is 1. The fourth-order valence-electron chi connectivity index (χ4n) is 0.854. The van der Waals surface area contributed by atoms with Gasteiger partial charge in [-0.15, -0.1) is 0 Å².